The summed E-state index contributed by atoms with van der Waals surface area (Å²) in [5.74, 6) is 4.49. The Hall–Kier alpha value is -2.66. The first-order valence-electron chi connectivity index (χ1n) is 9.58. The minimum absolute atomic E-state index is 0.748. The zero-order valence-corrected chi connectivity index (χ0v) is 22.1. The second kappa shape index (κ2) is 10.6. The van der Waals surface area contributed by atoms with Gasteiger partial charge in [0.15, 0.2) is 0 Å². The monoisotopic (exact) mass is 620 g/mol. The molecule has 0 saturated carbocycles. The fourth-order valence-electron chi connectivity index (χ4n) is 3.49. The molecule has 0 spiro atoms. The van der Waals surface area contributed by atoms with Crippen molar-refractivity contribution in [1.82, 2.24) is 0 Å². The van der Waals surface area contributed by atoms with Crippen molar-refractivity contribution in [1.29, 1.82) is 0 Å². The van der Waals surface area contributed by atoms with Gasteiger partial charge in [-0.25, -0.2) is 0 Å². The molecule has 0 aromatic heterocycles. The molecule has 31 heavy (non-hydrogen) atoms. The van der Waals surface area contributed by atoms with Gasteiger partial charge in [0, 0.05) is 0 Å². The van der Waals surface area contributed by atoms with Gasteiger partial charge in [-0.3, -0.25) is 0 Å². The Morgan fingerprint density at radius 1 is 0.387 bits per heavy atom. The van der Waals surface area contributed by atoms with Gasteiger partial charge in [0.1, 0.15) is 0 Å². The minimum atomic E-state index is -3.31. The van der Waals surface area contributed by atoms with Crippen LogP contribution in [-0.2, 0) is 0 Å². The van der Waals surface area contributed by atoms with Crippen molar-refractivity contribution in [2.75, 3.05) is 42.7 Å². The molecule has 7 heteroatoms. The number of hydrogen-bond acceptors (Lipinski definition) is 6. The first-order chi connectivity index (χ1) is 15.1. The predicted molar refractivity (Wildman–Crippen MR) is 123 cm³/mol. The molecule has 0 unspecified atom stereocenters. The van der Waals surface area contributed by atoms with E-state index in [0.717, 1.165) is 44.3 Å². The summed E-state index contributed by atoms with van der Waals surface area (Å²) in [7, 11) is 9.99. The molecular weight excluding hydrogens is 593 g/mol. The van der Waals surface area contributed by atoms with Crippen LogP contribution in [0.15, 0.2) is 54.6 Å². The molecule has 0 fully saturated rings. The molecule has 0 heterocycles. The van der Waals surface area contributed by atoms with E-state index in [2.05, 4.69) is 0 Å². The van der Waals surface area contributed by atoms with Crippen LogP contribution >= 0.6 is 0 Å². The fourth-order valence-corrected chi connectivity index (χ4v) is 15.1. The number of benzene rings is 3. The van der Waals surface area contributed by atoms with Gasteiger partial charge in [0.25, 0.3) is 0 Å². The van der Waals surface area contributed by atoms with Gasteiger partial charge in [0.2, 0.25) is 0 Å². The molecule has 0 aliphatic heterocycles. The summed E-state index contributed by atoms with van der Waals surface area (Å²) in [5, 5.41) is 0. The van der Waals surface area contributed by atoms with Crippen molar-refractivity contribution in [3.8, 4) is 34.5 Å². The molecular formula is C24H27BiO6. The van der Waals surface area contributed by atoms with Crippen LogP contribution in [0.1, 0.15) is 0 Å². The number of ether oxygens (including phenoxy) is 6. The molecule has 0 N–H and O–H groups in total. The van der Waals surface area contributed by atoms with Crippen LogP contribution < -0.4 is 38.2 Å². The summed E-state index contributed by atoms with van der Waals surface area (Å²) in [6, 6.07) is 17.4. The molecule has 3 aromatic rings. The van der Waals surface area contributed by atoms with Crippen LogP contribution in [-0.4, -0.2) is 64.4 Å². The van der Waals surface area contributed by atoms with E-state index in [9.17, 15) is 0 Å². The predicted octanol–water partition coefficient (Wildman–Crippen LogP) is 2.25. The van der Waals surface area contributed by atoms with Crippen LogP contribution in [0.3, 0.4) is 0 Å². The topological polar surface area (TPSA) is 55.4 Å². The third kappa shape index (κ3) is 4.38. The van der Waals surface area contributed by atoms with E-state index in [1.807, 2.05) is 54.6 Å². The number of rotatable bonds is 9. The van der Waals surface area contributed by atoms with E-state index in [1.54, 1.807) is 42.7 Å². The zero-order valence-electron chi connectivity index (χ0n) is 18.6. The Morgan fingerprint density at radius 3 is 0.742 bits per heavy atom. The van der Waals surface area contributed by atoms with E-state index in [-0.39, 0.29) is 0 Å². The molecule has 6 nitrogen and oxygen atoms in total. The Labute approximate surface area is 191 Å². The van der Waals surface area contributed by atoms with Gasteiger partial charge >= 0.3 is 192 Å². The Bertz CT molecular complexity index is 838. The summed E-state index contributed by atoms with van der Waals surface area (Å²) in [5.41, 5.74) is 0. The van der Waals surface area contributed by atoms with Crippen LogP contribution in [0.5, 0.6) is 34.5 Å². The first-order valence-corrected chi connectivity index (χ1v) is 14.8. The fraction of sp³-hybridized carbons (Fsp3) is 0.250. The summed E-state index contributed by atoms with van der Waals surface area (Å²) >= 11 is -3.31. The van der Waals surface area contributed by atoms with Crippen LogP contribution in [0.2, 0.25) is 0 Å². The molecule has 0 amide bonds. The standard InChI is InChI=1S/3C8H9O2.Bi/c3*1-9-7-4-3-5-8(6-7)10-2;/h3*3-5H,1-2H3;. The van der Waals surface area contributed by atoms with Crippen molar-refractivity contribution < 1.29 is 28.4 Å². The molecule has 0 aliphatic carbocycles. The maximum atomic E-state index is 5.81. The van der Waals surface area contributed by atoms with Crippen molar-refractivity contribution in [2.24, 2.45) is 0 Å². The second-order valence-electron chi connectivity index (χ2n) is 6.37. The summed E-state index contributed by atoms with van der Waals surface area (Å²) < 4.78 is 37.9. The molecule has 0 aliphatic rings. The average molecular weight is 620 g/mol. The van der Waals surface area contributed by atoms with Crippen LogP contribution in [0.4, 0.5) is 0 Å². The van der Waals surface area contributed by atoms with E-state index in [1.165, 1.54) is 0 Å². The maximum absolute atomic E-state index is 5.81. The van der Waals surface area contributed by atoms with Crippen LogP contribution in [0.25, 0.3) is 0 Å². The summed E-state index contributed by atoms with van der Waals surface area (Å²) in [4.78, 5) is 0. The molecule has 0 radical (unpaired) electrons. The molecule has 0 saturated heterocycles. The van der Waals surface area contributed by atoms with E-state index in [4.69, 9.17) is 28.4 Å². The summed E-state index contributed by atoms with van der Waals surface area (Å²) in [6.45, 7) is 0. The van der Waals surface area contributed by atoms with E-state index in [0.29, 0.717) is 0 Å². The summed E-state index contributed by atoms with van der Waals surface area (Å²) in [6.07, 6.45) is 0. The van der Waals surface area contributed by atoms with Gasteiger partial charge in [-0.2, -0.15) is 0 Å². The van der Waals surface area contributed by atoms with E-state index < -0.39 is 21.8 Å². The van der Waals surface area contributed by atoms with Crippen molar-refractivity contribution in [2.45, 2.75) is 0 Å². The Balaban J connectivity index is 2.52. The van der Waals surface area contributed by atoms with Crippen molar-refractivity contribution in [3.63, 3.8) is 0 Å². The number of methoxy groups -OCH3 is 6. The van der Waals surface area contributed by atoms with Gasteiger partial charge in [-0.15, -0.1) is 0 Å². The zero-order chi connectivity index (χ0) is 22.4. The SMILES string of the molecule is COc1cccc(OC)[c]1[Bi]([c]1c(OC)cccc1OC)[c]1c(OC)cccc1OC. The third-order valence-electron chi connectivity index (χ3n) is 4.88. The van der Waals surface area contributed by atoms with Gasteiger partial charge in [-0.05, 0) is 0 Å². The van der Waals surface area contributed by atoms with Crippen molar-refractivity contribution in [3.05, 3.63) is 54.6 Å². The Kier molecular flexibility index (Phi) is 7.86. The molecule has 0 atom stereocenters. The van der Waals surface area contributed by atoms with Gasteiger partial charge in [-0.1, -0.05) is 0 Å². The quantitative estimate of drug-likeness (QED) is 0.343. The van der Waals surface area contributed by atoms with E-state index >= 15 is 0 Å². The number of hydrogen-bond donors (Lipinski definition) is 0. The average Bonchev–Trinajstić information content (AvgIpc) is 2.83. The normalized spacial score (nSPS) is 10.5. The van der Waals surface area contributed by atoms with Gasteiger partial charge < -0.3 is 0 Å². The first kappa shape index (κ1) is 23.0. The Morgan fingerprint density at radius 2 is 0.581 bits per heavy atom. The molecule has 0 bridgehead atoms. The second-order valence-corrected chi connectivity index (χ2v) is 14.2. The molecule has 3 rings (SSSR count). The van der Waals surface area contributed by atoms with Crippen molar-refractivity contribution >= 4 is 31.6 Å². The molecule has 164 valence electrons. The van der Waals surface area contributed by atoms with Crippen LogP contribution in [0, 0.1) is 0 Å². The third-order valence-corrected chi connectivity index (χ3v) is 15.2. The molecule has 3 aromatic carbocycles. The van der Waals surface area contributed by atoms with Gasteiger partial charge in [0.05, 0.1) is 0 Å².